The predicted molar refractivity (Wildman–Crippen MR) is 106 cm³/mol. The van der Waals surface area contributed by atoms with Crippen LogP contribution in [0.25, 0.3) is 0 Å². The molecule has 1 aliphatic heterocycles. The van der Waals surface area contributed by atoms with Crippen molar-refractivity contribution in [2.24, 2.45) is 0 Å². The van der Waals surface area contributed by atoms with Crippen LogP contribution in [0.15, 0.2) is 48.5 Å². The van der Waals surface area contributed by atoms with Gasteiger partial charge in [-0.25, -0.2) is 4.79 Å². The number of hydrogen-bond donors (Lipinski definition) is 1. The van der Waals surface area contributed by atoms with E-state index in [-0.39, 0.29) is 12.0 Å². The van der Waals surface area contributed by atoms with Crippen LogP contribution in [-0.4, -0.2) is 40.1 Å². The van der Waals surface area contributed by atoms with E-state index in [1.165, 1.54) is 0 Å². The second-order valence-corrected chi connectivity index (χ2v) is 6.88. The highest BCUT2D eigenvalue weighted by Gasteiger charge is 2.35. The van der Waals surface area contributed by atoms with E-state index >= 15 is 0 Å². The molecule has 0 spiro atoms. The molecule has 0 atom stereocenters. The highest BCUT2D eigenvalue weighted by molar-refractivity contribution is 5.67. The summed E-state index contributed by atoms with van der Waals surface area (Å²) in [5.74, 6) is 1.36. The van der Waals surface area contributed by atoms with Crippen molar-refractivity contribution in [2.45, 2.75) is 24.9 Å². The van der Waals surface area contributed by atoms with Gasteiger partial charge < -0.3 is 24.3 Å². The van der Waals surface area contributed by atoms with E-state index in [9.17, 15) is 4.79 Å². The Morgan fingerprint density at radius 2 is 1.75 bits per heavy atom. The van der Waals surface area contributed by atoms with Gasteiger partial charge in [-0.05, 0) is 36.1 Å². The standard InChI is InChI=1S/C22H27NO5/c1-25-19-9-8-18(14-20(19)26-2)22(10-12-27-13-11-22)16-23-21(24)28-15-17-6-4-3-5-7-17/h3-9,14H,10-13,15-16H2,1-2H3,(H,23,24). The van der Waals surface area contributed by atoms with Crippen molar-refractivity contribution >= 4 is 6.09 Å². The van der Waals surface area contributed by atoms with Gasteiger partial charge in [-0.15, -0.1) is 0 Å². The summed E-state index contributed by atoms with van der Waals surface area (Å²) in [4.78, 5) is 12.2. The van der Waals surface area contributed by atoms with Crippen LogP contribution in [0.4, 0.5) is 4.79 Å². The molecule has 0 unspecified atom stereocenters. The van der Waals surface area contributed by atoms with Gasteiger partial charge in [0.05, 0.1) is 14.2 Å². The summed E-state index contributed by atoms with van der Waals surface area (Å²) >= 11 is 0. The number of carbonyl (C=O) groups is 1. The molecule has 1 saturated heterocycles. The Hall–Kier alpha value is -2.73. The molecule has 0 aliphatic carbocycles. The number of rotatable bonds is 7. The maximum absolute atomic E-state index is 12.2. The highest BCUT2D eigenvalue weighted by atomic mass is 16.5. The maximum Gasteiger partial charge on any atom is 0.407 e. The number of carbonyl (C=O) groups excluding carboxylic acids is 1. The van der Waals surface area contributed by atoms with Crippen molar-refractivity contribution in [3.63, 3.8) is 0 Å². The van der Waals surface area contributed by atoms with E-state index in [1.807, 2.05) is 48.5 Å². The van der Waals surface area contributed by atoms with Crippen LogP contribution < -0.4 is 14.8 Å². The van der Waals surface area contributed by atoms with Gasteiger partial charge >= 0.3 is 6.09 Å². The van der Waals surface area contributed by atoms with Gasteiger partial charge in [0.25, 0.3) is 0 Å². The zero-order chi connectivity index (χ0) is 19.8. The monoisotopic (exact) mass is 385 g/mol. The third-order valence-electron chi connectivity index (χ3n) is 5.23. The molecule has 28 heavy (non-hydrogen) atoms. The summed E-state index contributed by atoms with van der Waals surface area (Å²) in [7, 11) is 3.24. The molecule has 1 fully saturated rings. The van der Waals surface area contributed by atoms with Crippen molar-refractivity contribution in [3.05, 3.63) is 59.7 Å². The first kappa shape index (κ1) is 20.0. The quantitative estimate of drug-likeness (QED) is 0.788. The van der Waals surface area contributed by atoms with Crippen molar-refractivity contribution in [3.8, 4) is 11.5 Å². The van der Waals surface area contributed by atoms with Crippen LogP contribution in [0.3, 0.4) is 0 Å². The highest BCUT2D eigenvalue weighted by Crippen LogP contribution is 2.38. The maximum atomic E-state index is 12.2. The average Bonchev–Trinajstić information content (AvgIpc) is 2.77. The summed E-state index contributed by atoms with van der Waals surface area (Å²) in [6, 6.07) is 15.6. The summed E-state index contributed by atoms with van der Waals surface area (Å²) in [5.41, 5.74) is 1.82. The lowest BCUT2D eigenvalue weighted by Gasteiger charge is -2.38. The van der Waals surface area contributed by atoms with Gasteiger partial charge in [0, 0.05) is 25.2 Å². The molecular formula is C22H27NO5. The molecule has 0 aromatic heterocycles. The molecule has 1 aliphatic rings. The van der Waals surface area contributed by atoms with Gasteiger partial charge in [0.2, 0.25) is 0 Å². The smallest absolute Gasteiger partial charge is 0.407 e. The predicted octanol–water partition coefficient (Wildman–Crippen LogP) is 3.68. The largest absolute Gasteiger partial charge is 0.493 e. The van der Waals surface area contributed by atoms with Crippen LogP contribution in [0.1, 0.15) is 24.0 Å². The first-order valence-corrected chi connectivity index (χ1v) is 9.42. The number of nitrogens with one attached hydrogen (secondary N) is 1. The van der Waals surface area contributed by atoms with Crippen molar-refractivity contribution in [2.75, 3.05) is 34.0 Å². The Bertz CT molecular complexity index is 772. The minimum atomic E-state index is -0.421. The Kier molecular flexibility index (Phi) is 6.76. The summed E-state index contributed by atoms with van der Waals surface area (Å²) < 4.78 is 21.7. The second-order valence-electron chi connectivity index (χ2n) is 6.88. The molecule has 2 aromatic rings. The molecule has 6 heteroatoms. The fourth-order valence-electron chi connectivity index (χ4n) is 3.51. The zero-order valence-electron chi connectivity index (χ0n) is 16.4. The lowest BCUT2D eigenvalue weighted by molar-refractivity contribution is 0.0486. The van der Waals surface area contributed by atoms with Crippen molar-refractivity contribution in [1.29, 1.82) is 0 Å². The minimum Gasteiger partial charge on any atom is -0.493 e. The minimum absolute atomic E-state index is 0.233. The summed E-state index contributed by atoms with van der Waals surface area (Å²) in [5, 5.41) is 2.94. The van der Waals surface area contributed by atoms with Crippen molar-refractivity contribution in [1.82, 2.24) is 5.32 Å². The Labute approximate surface area is 165 Å². The normalized spacial score (nSPS) is 15.5. The summed E-state index contributed by atoms with van der Waals surface area (Å²) in [6.45, 7) is 2.02. The molecule has 1 amide bonds. The Morgan fingerprint density at radius 1 is 1.04 bits per heavy atom. The molecule has 1 N–H and O–H groups in total. The van der Waals surface area contributed by atoms with Crippen LogP contribution in [0, 0.1) is 0 Å². The number of alkyl carbamates (subject to hydrolysis) is 1. The topological polar surface area (TPSA) is 66.0 Å². The molecule has 0 saturated carbocycles. The van der Waals surface area contributed by atoms with Crippen molar-refractivity contribution < 1.29 is 23.7 Å². The van der Waals surface area contributed by atoms with Crippen LogP contribution in [-0.2, 0) is 21.5 Å². The van der Waals surface area contributed by atoms with E-state index in [0.717, 1.165) is 24.0 Å². The first-order chi connectivity index (χ1) is 13.7. The number of hydrogen-bond acceptors (Lipinski definition) is 5. The third kappa shape index (κ3) is 4.75. The van der Waals surface area contributed by atoms with E-state index in [4.69, 9.17) is 18.9 Å². The fourth-order valence-corrected chi connectivity index (χ4v) is 3.51. The van der Waals surface area contributed by atoms with Crippen LogP contribution >= 0.6 is 0 Å². The SMILES string of the molecule is COc1ccc(C2(CNC(=O)OCc3ccccc3)CCOCC2)cc1OC. The molecule has 150 valence electrons. The van der Waals surface area contributed by atoms with E-state index in [1.54, 1.807) is 14.2 Å². The average molecular weight is 385 g/mol. The summed E-state index contributed by atoms with van der Waals surface area (Å²) in [6.07, 6.45) is 1.19. The van der Waals surface area contributed by atoms with E-state index in [2.05, 4.69) is 5.32 Å². The number of amides is 1. The Balaban J connectivity index is 1.68. The van der Waals surface area contributed by atoms with Gasteiger partial charge in [-0.1, -0.05) is 36.4 Å². The lowest BCUT2D eigenvalue weighted by atomic mass is 9.74. The first-order valence-electron chi connectivity index (χ1n) is 9.42. The van der Waals surface area contributed by atoms with Gasteiger partial charge in [0.15, 0.2) is 11.5 Å². The molecule has 2 aromatic carbocycles. The van der Waals surface area contributed by atoms with Gasteiger partial charge in [-0.3, -0.25) is 0 Å². The Morgan fingerprint density at radius 3 is 2.43 bits per heavy atom. The van der Waals surface area contributed by atoms with Crippen LogP contribution in [0.5, 0.6) is 11.5 Å². The number of methoxy groups -OCH3 is 2. The van der Waals surface area contributed by atoms with Gasteiger partial charge in [-0.2, -0.15) is 0 Å². The molecule has 1 heterocycles. The fraction of sp³-hybridized carbons (Fsp3) is 0.409. The van der Waals surface area contributed by atoms with E-state index in [0.29, 0.717) is 31.3 Å². The molecular weight excluding hydrogens is 358 g/mol. The zero-order valence-corrected chi connectivity index (χ0v) is 16.4. The van der Waals surface area contributed by atoms with Gasteiger partial charge in [0.1, 0.15) is 6.61 Å². The second kappa shape index (κ2) is 9.46. The molecule has 6 nitrogen and oxygen atoms in total. The third-order valence-corrected chi connectivity index (χ3v) is 5.23. The van der Waals surface area contributed by atoms with E-state index < -0.39 is 6.09 Å². The van der Waals surface area contributed by atoms with Crippen LogP contribution in [0.2, 0.25) is 0 Å². The molecule has 0 radical (unpaired) electrons. The molecule has 3 rings (SSSR count). The molecule has 0 bridgehead atoms. The lowest BCUT2D eigenvalue weighted by Crippen LogP contribution is -2.44. The number of benzene rings is 2. The number of ether oxygens (including phenoxy) is 4.